The summed E-state index contributed by atoms with van der Waals surface area (Å²) in [5, 5.41) is 2.64. The van der Waals surface area contributed by atoms with Gasteiger partial charge in [0, 0.05) is 12.5 Å². The predicted molar refractivity (Wildman–Crippen MR) is 66.2 cm³/mol. The van der Waals surface area contributed by atoms with Crippen molar-refractivity contribution in [1.29, 1.82) is 0 Å². The second kappa shape index (κ2) is 6.06. The summed E-state index contributed by atoms with van der Waals surface area (Å²) in [6.07, 6.45) is -4.38. The molecule has 2 unspecified atom stereocenters. The molecule has 106 valence electrons. The lowest BCUT2D eigenvalue weighted by Crippen LogP contribution is -2.34. The van der Waals surface area contributed by atoms with E-state index in [1.54, 1.807) is 19.9 Å². The molecule has 0 saturated heterocycles. The van der Waals surface area contributed by atoms with Crippen molar-refractivity contribution < 1.29 is 18.0 Å². The number of hydrogen-bond acceptors (Lipinski definition) is 2. The maximum Gasteiger partial charge on any atom is 0.416 e. The highest BCUT2D eigenvalue weighted by atomic mass is 19.4. The van der Waals surface area contributed by atoms with Gasteiger partial charge >= 0.3 is 6.18 Å². The van der Waals surface area contributed by atoms with Gasteiger partial charge in [0.05, 0.1) is 11.6 Å². The second-order valence-electron chi connectivity index (χ2n) is 4.49. The van der Waals surface area contributed by atoms with Gasteiger partial charge in [-0.25, -0.2) is 0 Å². The topological polar surface area (TPSA) is 55.1 Å². The molecule has 0 fully saturated rings. The van der Waals surface area contributed by atoms with Crippen LogP contribution in [0.5, 0.6) is 0 Å². The molecule has 0 aliphatic rings. The minimum absolute atomic E-state index is 0.196. The van der Waals surface area contributed by atoms with Gasteiger partial charge in [-0.2, -0.15) is 13.2 Å². The van der Waals surface area contributed by atoms with Gasteiger partial charge in [0.25, 0.3) is 0 Å². The van der Waals surface area contributed by atoms with Crippen LogP contribution in [0, 0.1) is 5.92 Å². The van der Waals surface area contributed by atoms with Crippen LogP contribution in [0.2, 0.25) is 0 Å². The molecule has 3 nitrogen and oxygen atoms in total. The Morgan fingerprint density at radius 2 is 2.00 bits per heavy atom. The van der Waals surface area contributed by atoms with Crippen LogP contribution in [0.1, 0.15) is 31.0 Å². The van der Waals surface area contributed by atoms with Crippen LogP contribution in [0.4, 0.5) is 13.2 Å². The second-order valence-corrected chi connectivity index (χ2v) is 4.49. The minimum Gasteiger partial charge on any atom is -0.349 e. The van der Waals surface area contributed by atoms with Crippen molar-refractivity contribution in [2.24, 2.45) is 11.7 Å². The molecule has 0 radical (unpaired) electrons. The Hall–Kier alpha value is -1.56. The molecule has 19 heavy (non-hydrogen) atoms. The number of amides is 1. The van der Waals surface area contributed by atoms with E-state index in [0.717, 1.165) is 12.1 Å². The Bertz CT molecular complexity index is 446. The predicted octanol–water partition coefficient (Wildman–Crippen LogP) is 2.48. The molecule has 3 N–H and O–H groups in total. The lowest BCUT2D eigenvalue weighted by molar-refractivity contribution is -0.137. The van der Waals surface area contributed by atoms with Crippen LogP contribution >= 0.6 is 0 Å². The van der Waals surface area contributed by atoms with Gasteiger partial charge in [-0.1, -0.05) is 19.1 Å². The Labute approximate surface area is 110 Å². The molecular weight excluding hydrogens is 257 g/mol. The van der Waals surface area contributed by atoms with Crippen LogP contribution < -0.4 is 11.1 Å². The normalized spacial score (nSPS) is 14.8. The molecule has 0 spiro atoms. The largest absolute Gasteiger partial charge is 0.416 e. The molecular formula is C13H17F3N2O. The highest BCUT2D eigenvalue weighted by Crippen LogP contribution is 2.30. The van der Waals surface area contributed by atoms with Gasteiger partial charge in [0.1, 0.15) is 0 Å². The number of rotatable bonds is 4. The van der Waals surface area contributed by atoms with Gasteiger partial charge in [-0.15, -0.1) is 0 Å². The van der Waals surface area contributed by atoms with Crippen molar-refractivity contribution >= 4 is 5.91 Å². The number of nitrogens with one attached hydrogen (secondary N) is 1. The number of benzene rings is 1. The zero-order chi connectivity index (χ0) is 14.6. The fourth-order valence-electron chi connectivity index (χ4n) is 1.53. The summed E-state index contributed by atoms with van der Waals surface area (Å²) in [5.74, 6) is -0.638. The van der Waals surface area contributed by atoms with E-state index in [0.29, 0.717) is 5.56 Å². The summed E-state index contributed by atoms with van der Waals surface area (Å²) in [6, 6.07) is 4.42. The molecule has 0 aromatic heterocycles. The first-order chi connectivity index (χ1) is 8.75. The maximum atomic E-state index is 12.6. The van der Waals surface area contributed by atoms with Crippen molar-refractivity contribution in [3.8, 4) is 0 Å². The van der Waals surface area contributed by atoms with Gasteiger partial charge in [0.15, 0.2) is 0 Å². The summed E-state index contributed by atoms with van der Waals surface area (Å²) in [4.78, 5) is 11.6. The highest BCUT2D eigenvalue weighted by Gasteiger charge is 2.30. The summed E-state index contributed by atoms with van der Waals surface area (Å²) in [5.41, 5.74) is 5.04. The van der Waals surface area contributed by atoms with E-state index in [-0.39, 0.29) is 18.4 Å². The molecule has 1 rings (SSSR count). The number of halogens is 3. The third-order valence-electron chi connectivity index (χ3n) is 2.87. The quantitative estimate of drug-likeness (QED) is 0.886. The van der Waals surface area contributed by atoms with E-state index in [1.807, 2.05) is 0 Å². The molecule has 1 amide bonds. The third-order valence-corrected chi connectivity index (χ3v) is 2.87. The summed E-state index contributed by atoms with van der Waals surface area (Å²) in [7, 11) is 0. The van der Waals surface area contributed by atoms with Crippen molar-refractivity contribution in [3.63, 3.8) is 0 Å². The number of nitrogens with two attached hydrogens (primary N) is 1. The van der Waals surface area contributed by atoms with E-state index in [9.17, 15) is 18.0 Å². The minimum atomic E-state index is -4.38. The van der Waals surface area contributed by atoms with Crippen molar-refractivity contribution in [3.05, 3.63) is 35.4 Å². The van der Waals surface area contributed by atoms with Crippen molar-refractivity contribution in [2.45, 2.75) is 26.1 Å². The first-order valence-electron chi connectivity index (χ1n) is 5.93. The van der Waals surface area contributed by atoms with E-state index in [1.165, 1.54) is 6.07 Å². The van der Waals surface area contributed by atoms with E-state index >= 15 is 0 Å². The van der Waals surface area contributed by atoms with E-state index < -0.39 is 17.8 Å². The lowest BCUT2D eigenvalue weighted by Gasteiger charge is -2.18. The van der Waals surface area contributed by atoms with E-state index in [4.69, 9.17) is 5.73 Å². The molecule has 0 heterocycles. The monoisotopic (exact) mass is 274 g/mol. The molecule has 1 aromatic carbocycles. The molecule has 0 aliphatic heterocycles. The first-order valence-corrected chi connectivity index (χ1v) is 5.93. The molecule has 0 aliphatic carbocycles. The number of alkyl halides is 3. The van der Waals surface area contributed by atoms with Crippen LogP contribution in [0.3, 0.4) is 0 Å². The van der Waals surface area contributed by atoms with Crippen LogP contribution in [0.25, 0.3) is 0 Å². The number of carbonyl (C=O) groups excluding carboxylic acids is 1. The van der Waals surface area contributed by atoms with Gasteiger partial charge in [-0.05, 0) is 24.6 Å². The van der Waals surface area contributed by atoms with Crippen LogP contribution in [-0.4, -0.2) is 12.5 Å². The zero-order valence-electron chi connectivity index (χ0n) is 10.8. The Balaban J connectivity index is 2.83. The standard InChI is InChI=1S/C13H17F3N2O/c1-8(7-17)12(19)18-9(2)10-4-3-5-11(6-10)13(14,15)16/h3-6,8-9H,7,17H2,1-2H3,(H,18,19). The van der Waals surface area contributed by atoms with Gasteiger partial charge in [0.2, 0.25) is 5.91 Å². The summed E-state index contributed by atoms with van der Waals surface area (Å²) < 4.78 is 37.7. The molecule has 1 aromatic rings. The fraction of sp³-hybridized carbons (Fsp3) is 0.462. The molecule has 0 bridgehead atoms. The number of carbonyl (C=O) groups is 1. The fourth-order valence-corrected chi connectivity index (χ4v) is 1.53. The Kier molecular flexibility index (Phi) is 4.94. The highest BCUT2D eigenvalue weighted by molar-refractivity contribution is 5.78. The zero-order valence-corrected chi connectivity index (χ0v) is 10.8. The van der Waals surface area contributed by atoms with Gasteiger partial charge < -0.3 is 11.1 Å². The first kappa shape index (κ1) is 15.5. The summed E-state index contributed by atoms with van der Waals surface area (Å²) >= 11 is 0. The van der Waals surface area contributed by atoms with E-state index in [2.05, 4.69) is 5.32 Å². The smallest absolute Gasteiger partial charge is 0.349 e. The molecule has 0 saturated carbocycles. The Morgan fingerprint density at radius 1 is 1.37 bits per heavy atom. The van der Waals surface area contributed by atoms with Crippen molar-refractivity contribution in [2.75, 3.05) is 6.54 Å². The molecule has 2 atom stereocenters. The number of hydrogen-bond donors (Lipinski definition) is 2. The van der Waals surface area contributed by atoms with Crippen molar-refractivity contribution in [1.82, 2.24) is 5.32 Å². The Morgan fingerprint density at radius 3 is 2.53 bits per heavy atom. The SMILES string of the molecule is CC(CN)C(=O)NC(C)c1cccc(C(F)(F)F)c1. The third kappa shape index (κ3) is 4.24. The molecule has 6 heteroatoms. The van der Waals surface area contributed by atoms with Crippen LogP contribution in [-0.2, 0) is 11.0 Å². The lowest BCUT2D eigenvalue weighted by atomic mass is 10.0. The van der Waals surface area contributed by atoms with Gasteiger partial charge in [-0.3, -0.25) is 4.79 Å². The maximum absolute atomic E-state index is 12.6. The van der Waals surface area contributed by atoms with Crippen LogP contribution in [0.15, 0.2) is 24.3 Å². The summed E-state index contributed by atoms with van der Waals surface area (Å²) in [6.45, 7) is 3.49. The average Bonchev–Trinajstić information content (AvgIpc) is 2.36. The average molecular weight is 274 g/mol.